The summed E-state index contributed by atoms with van der Waals surface area (Å²) >= 11 is 0. The summed E-state index contributed by atoms with van der Waals surface area (Å²) in [6.07, 6.45) is 0. The molecule has 3 rings (SSSR count). The Bertz CT molecular complexity index is 675. The van der Waals surface area contributed by atoms with Gasteiger partial charge in [-0.3, -0.25) is 4.90 Å². The summed E-state index contributed by atoms with van der Waals surface area (Å²) in [7, 11) is 1.47. The van der Waals surface area contributed by atoms with Crippen LogP contribution in [-0.4, -0.2) is 23.1 Å². The Hall–Kier alpha value is -2.40. The van der Waals surface area contributed by atoms with Crippen LogP contribution in [0.15, 0.2) is 48.5 Å². The minimum Gasteiger partial charge on any atom is -0.363 e. The van der Waals surface area contributed by atoms with Crippen LogP contribution < -0.4 is 5.32 Å². The number of halogens is 1. The molecule has 1 aliphatic rings. The first-order valence-corrected chi connectivity index (χ1v) is 6.16. The first-order valence-electron chi connectivity index (χ1n) is 6.16. The van der Waals surface area contributed by atoms with E-state index < -0.39 is 17.6 Å². The lowest BCUT2D eigenvalue weighted by Gasteiger charge is -2.42. The average molecular weight is 272 g/mol. The molecule has 0 bridgehead atoms. The number of nitrogens with zero attached hydrogens (tertiary/aromatic N) is 1. The van der Waals surface area contributed by atoms with Gasteiger partial charge in [0, 0.05) is 18.2 Å². The number of anilines is 1. The number of fused-ring (bicyclic) bond motifs is 1. The molecule has 0 aromatic heterocycles. The lowest BCUT2D eigenvalue weighted by Crippen LogP contribution is -2.53. The average Bonchev–Trinajstić information content (AvgIpc) is 2.47. The minimum absolute atomic E-state index is 0.311. The molecule has 1 aliphatic heterocycles. The van der Waals surface area contributed by atoms with Crippen molar-refractivity contribution < 1.29 is 14.3 Å². The van der Waals surface area contributed by atoms with Crippen LogP contribution in [0, 0.1) is 5.82 Å². The molecule has 0 fully saturated rings. The van der Waals surface area contributed by atoms with Crippen LogP contribution in [0.5, 0.6) is 0 Å². The second kappa shape index (κ2) is 4.31. The number of carbonyl (C=O) groups excluding carboxylic acids is 1. The van der Waals surface area contributed by atoms with Gasteiger partial charge in [-0.25, -0.2) is 9.18 Å². The fourth-order valence-electron chi connectivity index (χ4n) is 2.46. The Kier molecular flexibility index (Phi) is 2.72. The molecule has 2 aromatic carbocycles. The number of rotatable bonds is 1. The van der Waals surface area contributed by atoms with Crippen molar-refractivity contribution >= 4 is 11.7 Å². The third-order valence-electron chi connectivity index (χ3n) is 3.57. The van der Waals surface area contributed by atoms with Crippen LogP contribution in [-0.2, 0) is 5.72 Å². The normalized spacial score (nSPS) is 21.4. The molecular formula is C15H13FN2O2. The topological polar surface area (TPSA) is 52.6 Å². The van der Waals surface area contributed by atoms with E-state index in [0.717, 1.165) is 4.90 Å². The van der Waals surface area contributed by atoms with Crippen molar-refractivity contribution in [3.63, 3.8) is 0 Å². The molecule has 0 saturated heterocycles. The van der Waals surface area contributed by atoms with Crippen LogP contribution in [0.1, 0.15) is 11.1 Å². The molecule has 0 spiro atoms. The quantitative estimate of drug-likeness (QED) is 0.838. The van der Waals surface area contributed by atoms with E-state index in [2.05, 4.69) is 5.32 Å². The van der Waals surface area contributed by atoms with Gasteiger partial charge in [-0.15, -0.1) is 0 Å². The fourth-order valence-corrected chi connectivity index (χ4v) is 2.46. The Labute approximate surface area is 115 Å². The summed E-state index contributed by atoms with van der Waals surface area (Å²) in [5.41, 5.74) is -0.475. The van der Waals surface area contributed by atoms with Crippen molar-refractivity contribution in [1.29, 1.82) is 0 Å². The zero-order valence-electron chi connectivity index (χ0n) is 10.8. The monoisotopic (exact) mass is 272 g/mol. The third-order valence-corrected chi connectivity index (χ3v) is 3.57. The number of aliphatic hydroxyl groups is 1. The van der Waals surface area contributed by atoms with E-state index in [4.69, 9.17) is 0 Å². The largest absolute Gasteiger partial charge is 0.363 e. The Morgan fingerprint density at radius 2 is 1.90 bits per heavy atom. The van der Waals surface area contributed by atoms with E-state index in [1.807, 2.05) is 6.07 Å². The smallest absolute Gasteiger partial charge is 0.324 e. The summed E-state index contributed by atoms with van der Waals surface area (Å²) in [6, 6.07) is 12.2. The molecule has 0 radical (unpaired) electrons. The van der Waals surface area contributed by atoms with Crippen molar-refractivity contribution in [3.8, 4) is 0 Å². The van der Waals surface area contributed by atoms with Crippen molar-refractivity contribution in [2.24, 2.45) is 0 Å². The van der Waals surface area contributed by atoms with Crippen LogP contribution >= 0.6 is 0 Å². The van der Waals surface area contributed by atoms with E-state index in [9.17, 15) is 14.3 Å². The number of carbonyl (C=O) groups is 1. The molecule has 102 valence electrons. The van der Waals surface area contributed by atoms with E-state index in [1.54, 1.807) is 24.3 Å². The highest BCUT2D eigenvalue weighted by Crippen LogP contribution is 2.40. The number of amides is 2. The van der Waals surface area contributed by atoms with Gasteiger partial charge < -0.3 is 10.4 Å². The first kappa shape index (κ1) is 12.6. The Morgan fingerprint density at radius 3 is 2.60 bits per heavy atom. The van der Waals surface area contributed by atoms with Crippen LogP contribution in [0.3, 0.4) is 0 Å². The molecule has 0 aliphatic carbocycles. The highest BCUT2D eigenvalue weighted by Gasteiger charge is 2.44. The Morgan fingerprint density at radius 1 is 1.20 bits per heavy atom. The van der Waals surface area contributed by atoms with Gasteiger partial charge >= 0.3 is 6.03 Å². The summed E-state index contributed by atoms with van der Waals surface area (Å²) in [6.45, 7) is 0. The second-order valence-electron chi connectivity index (χ2n) is 4.72. The zero-order valence-corrected chi connectivity index (χ0v) is 10.8. The maximum atomic E-state index is 13.5. The first-order chi connectivity index (χ1) is 9.53. The molecule has 1 unspecified atom stereocenters. The fraction of sp³-hybridized carbons (Fsp3) is 0.133. The summed E-state index contributed by atoms with van der Waals surface area (Å²) in [5, 5.41) is 13.7. The minimum atomic E-state index is -1.69. The van der Waals surface area contributed by atoms with Crippen molar-refractivity contribution in [1.82, 2.24) is 4.90 Å². The number of nitrogens with one attached hydrogen (secondary N) is 1. The summed E-state index contributed by atoms with van der Waals surface area (Å²) in [4.78, 5) is 13.1. The van der Waals surface area contributed by atoms with E-state index in [0.29, 0.717) is 16.8 Å². The van der Waals surface area contributed by atoms with Crippen LogP contribution in [0.4, 0.5) is 14.9 Å². The predicted molar refractivity (Wildman–Crippen MR) is 72.6 cm³/mol. The second-order valence-corrected chi connectivity index (χ2v) is 4.72. The molecule has 1 atom stereocenters. The Balaban J connectivity index is 2.28. The maximum absolute atomic E-state index is 13.5. The predicted octanol–water partition coefficient (Wildman–Crippen LogP) is 2.50. The molecule has 1 heterocycles. The van der Waals surface area contributed by atoms with Crippen LogP contribution in [0.2, 0.25) is 0 Å². The molecule has 2 amide bonds. The summed E-state index contributed by atoms with van der Waals surface area (Å²) < 4.78 is 13.5. The maximum Gasteiger partial charge on any atom is 0.324 e. The van der Waals surface area contributed by atoms with Gasteiger partial charge in [-0.05, 0) is 18.2 Å². The highest BCUT2D eigenvalue weighted by atomic mass is 19.1. The molecule has 2 N–H and O–H groups in total. The van der Waals surface area contributed by atoms with Gasteiger partial charge in [0.15, 0.2) is 5.72 Å². The standard InChI is InChI=1S/C15H13FN2O2/c1-18-14(19)17-13-8-7-11(16)9-12(13)15(18,20)10-5-3-2-4-6-10/h2-9,20H,1H3,(H,17,19). The van der Waals surface area contributed by atoms with E-state index in [1.165, 1.54) is 25.2 Å². The van der Waals surface area contributed by atoms with Crippen molar-refractivity contribution in [2.45, 2.75) is 5.72 Å². The van der Waals surface area contributed by atoms with E-state index >= 15 is 0 Å². The van der Waals surface area contributed by atoms with Gasteiger partial charge in [-0.2, -0.15) is 0 Å². The number of hydrogen-bond donors (Lipinski definition) is 2. The lowest BCUT2D eigenvalue weighted by molar-refractivity contribution is -0.0384. The molecule has 5 heteroatoms. The van der Waals surface area contributed by atoms with Gasteiger partial charge in [0.05, 0.1) is 5.69 Å². The number of benzene rings is 2. The van der Waals surface area contributed by atoms with Crippen molar-refractivity contribution in [3.05, 3.63) is 65.5 Å². The number of hydrogen-bond acceptors (Lipinski definition) is 2. The molecule has 0 saturated carbocycles. The lowest BCUT2D eigenvalue weighted by atomic mass is 9.90. The van der Waals surface area contributed by atoms with Gasteiger partial charge in [0.25, 0.3) is 0 Å². The molecule has 4 nitrogen and oxygen atoms in total. The van der Waals surface area contributed by atoms with E-state index in [-0.39, 0.29) is 0 Å². The molecular weight excluding hydrogens is 259 g/mol. The van der Waals surface area contributed by atoms with Crippen molar-refractivity contribution in [2.75, 3.05) is 12.4 Å². The highest BCUT2D eigenvalue weighted by molar-refractivity contribution is 5.94. The number of urea groups is 1. The van der Waals surface area contributed by atoms with Gasteiger partial charge in [0.1, 0.15) is 5.82 Å². The third kappa shape index (κ3) is 1.67. The molecule has 2 aromatic rings. The molecule has 20 heavy (non-hydrogen) atoms. The van der Waals surface area contributed by atoms with Gasteiger partial charge in [-0.1, -0.05) is 30.3 Å². The SMILES string of the molecule is CN1C(=O)Nc2ccc(F)cc2C1(O)c1ccccc1. The van der Waals surface area contributed by atoms with Crippen LogP contribution in [0.25, 0.3) is 0 Å². The summed E-state index contributed by atoms with van der Waals surface area (Å²) in [5.74, 6) is -0.470. The zero-order chi connectivity index (χ0) is 14.3. The van der Waals surface area contributed by atoms with Gasteiger partial charge in [0.2, 0.25) is 0 Å².